The van der Waals surface area contributed by atoms with Crippen LogP contribution >= 0.6 is 38.5 Å². The van der Waals surface area contributed by atoms with Crippen LogP contribution in [-0.4, -0.2) is 32.2 Å². The van der Waals surface area contributed by atoms with E-state index in [9.17, 15) is 14.9 Å². The number of amides is 1. The van der Waals surface area contributed by atoms with Crippen molar-refractivity contribution < 1.29 is 23.8 Å². The molecule has 0 aromatic heterocycles. The number of halogens is 2. The Kier molecular flexibility index (Phi) is 9.14. The first-order chi connectivity index (χ1) is 14.4. The monoisotopic (exact) mass is 584 g/mol. The Labute approximate surface area is 196 Å². The predicted octanol–water partition coefficient (Wildman–Crippen LogP) is 4.55. The molecule has 0 aliphatic heterocycles. The maximum atomic E-state index is 12.5. The molecule has 7 nitrogen and oxygen atoms in total. The molecule has 30 heavy (non-hydrogen) atoms. The fraction of sp³-hybridized carbons (Fsp3) is 0.190. The molecule has 0 unspecified atom stereocenters. The van der Waals surface area contributed by atoms with Gasteiger partial charge in [-0.25, -0.2) is 4.79 Å². The molecule has 0 bridgehead atoms. The van der Waals surface area contributed by atoms with Crippen LogP contribution in [0.15, 0.2) is 46.4 Å². The zero-order valence-electron chi connectivity index (χ0n) is 16.2. The minimum Gasteiger partial charge on any atom is -0.493 e. The quantitative estimate of drug-likeness (QED) is 0.212. The first kappa shape index (κ1) is 23.7. The van der Waals surface area contributed by atoms with Crippen LogP contribution in [0.25, 0.3) is 6.08 Å². The van der Waals surface area contributed by atoms with Crippen LogP contribution < -0.4 is 14.8 Å². The van der Waals surface area contributed by atoms with Crippen LogP contribution in [0.4, 0.5) is 5.69 Å². The summed E-state index contributed by atoms with van der Waals surface area (Å²) in [6.45, 7) is 1.72. The summed E-state index contributed by atoms with van der Waals surface area (Å²) in [6.07, 6.45) is 1.45. The summed E-state index contributed by atoms with van der Waals surface area (Å²) in [6, 6.07) is 12.3. The van der Waals surface area contributed by atoms with Gasteiger partial charge in [-0.1, -0.05) is 22.0 Å². The Hall–Kier alpha value is -2.58. The Morgan fingerprint density at radius 2 is 2.07 bits per heavy atom. The Morgan fingerprint density at radius 1 is 1.30 bits per heavy atom. The fourth-order valence-electron chi connectivity index (χ4n) is 2.38. The fourth-order valence-corrected chi connectivity index (χ4v) is 3.56. The second-order valence-corrected chi connectivity index (χ2v) is 7.84. The van der Waals surface area contributed by atoms with Crippen LogP contribution in [0.2, 0.25) is 0 Å². The van der Waals surface area contributed by atoms with Crippen molar-refractivity contribution in [2.24, 2.45) is 0 Å². The number of ether oxygens (including phenoxy) is 3. The number of methoxy groups -OCH3 is 1. The van der Waals surface area contributed by atoms with Gasteiger partial charge in [-0.3, -0.25) is 4.79 Å². The molecule has 156 valence electrons. The van der Waals surface area contributed by atoms with Crippen LogP contribution in [0, 0.1) is 14.9 Å². The summed E-state index contributed by atoms with van der Waals surface area (Å²) in [7, 11) is 1.46. The van der Waals surface area contributed by atoms with E-state index in [4.69, 9.17) is 14.2 Å². The highest BCUT2D eigenvalue weighted by Crippen LogP contribution is 2.34. The average molecular weight is 585 g/mol. The first-order valence-corrected chi connectivity index (χ1v) is 10.6. The van der Waals surface area contributed by atoms with Crippen LogP contribution in [0.3, 0.4) is 0 Å². The molecule has 0 saturated carbocycles. The molecular weight excluding hydrogens is 567 g/mol. The van der Waals surface area contributed by atoms with E-state index >= 15 is 0 Å². The Balaban J connectivity index is 2.25. The molecule has 0 spiro atoms. The predicted molar refractivity (Wildman–Crippen MR) is 124 cm³/mol. The maximum Gasteiger partial charge on any atom is 0.344 e. The molecule has 0 saturated heterocycles. The molecule has 2 aromatic rings. The van der Waals surface area contributed by atoms with E-state index in [-0.39, 0.29) is 18.8 Å². The van der Waals surface area contributed by atoms with Gasteiger partial charge in [-0.15, -0.1) is 0 Å². The lowest BCUT2D eigenvalue weighted by Crippen LogP contribution is -2.15. The lowest BCUT2D eigenvalue weighted by atomic mass is 10.1. The molecule has 1 N–H and O–H groups in total. The summed E-state index contributed by atoms with van der Waals surface area (Å²) in [5.41, 5.74) is 1.05. The van der Waals surface area contributed by atoms with Crippen LogP contribution in [-0.2, 0) is 14.3 Å². The molecule has 0 atom stereocenters. The average Bonchev–Trinajstić information content (AvgIpc) is 2.70. The molecule has 0 radical (unpaired) electrons. The van der Waals surface area contributed by atoms with Crippen molar-refractivity contribution in [2.75, 3.05) is 25.6 Å². The van der Waals surface area contributed by atoms with Gasteiger partial charge in [0.15, 0.2) is 18.1 Å². The zero-order chi connectivity index (χ0) is 22.1. The molecule has 9 heteroatoms. The summed E-state index contributed by atoms with van der Waals surface area (Å²) in [4.78, 5) is 24.0. The molecule has 2 rings (SSSR count). The third-order valence-corrected chi connectivity index (χ3v) is 4.94. The minimum absolute atomic E-state index is 0.0759. The SMILES string of the molecule is CCOC(=O)COc1c(I)cc(/C=C(/C#N)C(=O)Nc2cccc(Br)c2)cc1OC. The third-order valence-electron chi connectivity index (χ3n) is 3.65. The van der Waals surface area contributed by atoms with E-state index in [0.29, 0.717) is 26.3 Å². The molecular formula is C21H18BrIN2O5. The maximum absolute atomic E-state index is 12.5. The number of carbonyl (C=O) groups is 2. The van der Waals surface area contributed by atoms with Crippen molar-refractivity contribution in [3.8, 4) is 17.6 Å². The van der Waals surface area contributed by atoms with Crippen molar-refractivity contribution >= 4 is 62.2 Å². The number of nitrogens with one attached hydrogen (secondary N) is 1. The Morgan fingerprint density at radius 3 is 2.70 bits per heavy atom. The number of nitrogens with zero attached hydrogens (tertiary/aromatic N) is 1. The molecule has 0 aliphatic carbocycles. The number of benzene rings is 2. The van der Waals surface area contributed by atoms with Gasteiger partial charge in [0.25, 0.3) is 5.91 Å². The van der Waals surface area contributed by atoms with Crippen molar-refractivity contribution in [2.45, 2.75) is 6.92 Å². The highest BCUT2D eigenvalue weighted by Gasteiger charge is 2.15. The van der Waals surface area contributed by atoms with E-state index in [2.05, 4.69) is 21.2 Å². The number of rotatable bonds is 8. The Bertz CT molecular complexity index is 1020. The van der Waals surface area contributed by atoms with E-state index in [1.807, 2.05) is 34.7 Å². The van der Waals surface area contributed by atoms with E-state index in [1.165, 1.54) is 13.2 Å². The zero-order valence-corrected chi connectivity index (χ0v) is 19.9. The van der Waals surface area contributed by atoms with Gasteiger partial charge in [-0.2, -0.15) is 5.26 Å². The van der Waals surface area contributed by atoms with E-state index < -0.39 is 11.9 Å². The van der Waals surface area contributed by atoms with Crippen LogP contribution in [0.1, 0.15) is 12.5 Å². The van der Waals surface area contributed by atoms with Crippen molar-refractivity contribution in [1.82, 2.24) is 0 Å². The normalized spacial score (nSPS) is 10.7. The number of hydrogen-bond acceptors (Lipinski definition) is 6. The summed E-state index contributed by atoms with van der Waals surface area (Å²) >= 11 is 5.36. The van der Waals surface area contributed by atoms with Gasteiger partial charge < -0.3 is 19.5 Å². The highest BCUT2D eigenvalue weighted by molar-refractivity contribution is 14.1. The topological polar surface area (TPSA) is 97.7 Å². The summed E-state index contributed by atoms with van der Waals surface area (Å²) in [5.74, 6) is -0.287. The molecule has 0 aliphatic rings. The van der Waals surface area contributed by atoms with Gasteiger partial charge in [0, 0.05) is 10.2 Å². The number of anilines is 1. The number of carbonyl (C=O) groups excluding carboxylic acids is 2. The van der Waals surface area contributed by atoms with Gasteiger partial charge >= 0.3 is 5.97 Å². The second-order valence-electron chi connectivity index (χ2n) is 5.76. The molecule has 0 heterocycles. The van der Waals surface area contributed by atoms with Gasteiger partial charge in [0.05, 0.1) is 17.3 Å². The van der Waals surface area contributed by atoms with Crippen molar-refractivity contribution in [3.63, 3.8) is 0 Å². The lowest BCUT2D eigenvalue weighted by Gasteiger charge is -2.13. The summed E-state index contributed by atoms with van der Waals surface area (Å²) in [5, 5.41) is 12.1. The molecule has 1 amide bonds. The smallest absolute Gasteiger partial charge is 0.344 e. The highest BCUT2D eigenvalue weighted by atomic mass is 127. The molecule has 2 aromatic carbocycles. The minimum atomic E-state index is -0.535. The van der Waals surface area contributed by atoms with Gasteiger partial charge in [0.1, 0.15) is 11.6 Å². The van der Waals surface area contributed by atoms with E-state index in [0.717, 1.165) is 4.47 Å². The van der Waals surface area contributed by atoms with Crippen molar-refractivity contribution in [1.29, 1.82) is 5.26 Å². The van der Waals surface area contributed by atoms with Crippen molar-refractivity contribution in [3.05, 3.63) is 55.6 Å². The van der Waals surface area contributed by atoms with E-state index in [1.54, 1.807) is 37.3 Å². The number of nitriles is 1. The van der Waals surface area contributed by atoms with Gasteiger partial charge in [0.2, 0.25) is 0 Å². The summed E-state index contributed by atoms with van der Waals surface area (Å²) < 4.78 is 17.2. The first-order valence-electron chi connectivity index (χ1n) is 8.72. The lowest BCUT2D eigenvalue weighted by molar-refractivity contribution is -0.145. The van der Waals surface area contributed by atoms with Crippen LogP contribution in [0.5, 0.6) is 11.5 Å². The standard InChI is InChI=1S/C21H18BrIN2O5/c1-3-29-19(26)12-30-20-17(23)8-13(9-18(20)28-2)7-14(11-24)21(27)25-16-6-4-5-15(22)10-16/h4-10H,3,12H2,1-2H3,(H,25,27)/b14-7-. The number of esters is 1. The largest absolute Gasteiger partial charge is 0.493 e. The second kappa shape index (κ2) is 11.6. The number of hydrogen-bond donors (Lipinski definition) is 1. The third kappa shape index (κ3) is 6.74. The van der Waals surface area contributed by atoms with Gasteiger partial charge in [-0.05, 0) is 71.5 Å². The molecule has 0 fully saturated rings.